The van der Waals surface area contributed by atoms with Gasteiger partial charge in [-0.15, -0.1) is 0 Å². The number of carbonyl (C=O) groups is 2. The Bertz CT molecular complexity index is 1130. The molecular formula is C60H111NO5. The van der Waals surface area contributed by atoms with Gasteiger partial charge in [0.15, 0.2) is 0 Å². The Kier molecular flexibility index (Phi) is 52.0. The van der Waals surface area contributed by atoms with E-state index in [1.807, 2.05) is 0 Å². The molecule has 0 radical (unpaired) electrons. The fraction of sp³-hybridized carbons (Fsp3) is 0.833. The first-order valence-corrected chi connectivity index (χ1v) is 28.9. The lowest BCUT2D eigenvalue weighted by atomic mass is 10.0. The number of allylic oxidation sites excluding steroid dienone is 8. The number of nitrogens with one attached hydrogen (secondary N) is 1. The zero-order valence-corrected chi connectivity index (χ0v) is 44.1. The van der Waals surface area contributed by atoms with Crippen LogP contribution in [0.1, 0.15) is 297 Å². The van der Waals surface area contributed by atoms with Crippen molar-refractivity contribution in [3.63, 3.8) is 0 Å². The van der Waals surface area contributed by atoms with E-state index in [0.29, 0.717) is 19.3 Å². The number of aliphatic hydroxyl groups is 2. The van der Waals surface area contributed by atoms with Crippen LogP contribution in [-0.4, -0.2) is 46.9 Å². The molecule has 0 saturated heterocycles. The number of esters is 1. The molecule has 0 rings (SSSR count). The van der Waals surface area contributed by atoms with Gasteiger partial charge < -0.3 is 20.3 Å². The molecule has 1 amide bonds. The molecule has 0 aromatic carbocycles. The van der Waals surface area contributed by atoms with E-state index in [4.69, 9.17) is 4.74 Å². The van der Waals surface area contributed by atoms with Crippen molar-refractivity contribution in [3.05, 3.63) is 48.6 Å². The fourth-order valence-corrected chi connectivity index (χ4v) is 8.78. The summed E-state index contributed by atoms with van der Waals surface area (Å²) >= 11 is 0. The van der Waals surface area contributed by atoms with E-state index in [-0.39, 0.29) is 24.9 Å². The number of ether oxygens (including phenoxy) is 1. The van der Waals surface area contributed by atoms with Crippen LogP contribution in [-0.2, 0) is 14.3 Å². The minimum atomic E-state index is -0.794. The van der Waals surface area contributed by atoms with Gasteiger partial charge in [-0.2, -0.15) is 0 Å². The number of hydrogen-bond acceptors (Lipinski definition) is 5. The van der Waals surface area contributed by atoms with Gasteiger partial charge in [0, 0.05) is 6.42 Å². The number of unbranched alkanes of at least 4 members (excludes halogenated alkanes) is 34. The van der Waals surface area contributed by atoms with Crippen LogP contribution in [0.3, 0.4) is 0 Å². The highest BCUT2D eigenvalue weighted by molar-refractivity contribution is 5.77. The molecule has 0 aromatic rings. The van der Waals surface area contributed by atoms with Gasteiger partial charge in [-0.25, -0.2) is 0 Å². The molecule has 0 aromatic heterocycles. The molecule has 66 heavy (non-hydrogen) atoms. The smallest absolute Gasteiger partial charge is 0.306 e. The number of amides is 1. The summed E-state index contributed by atoms with van der Waals surface area (Å²) in [4.78, 5) is 26.3. The molecule has 0 fully saturated rings. The van der Waals surface area contributed by atoms with E-state index >= 15 is 0 Å². The molecule has 386 valence electrons. The van der Waals surface area contributed by atoms with Gasteiger partial charge in [-0.1, -0.05) is 256 Å². The Balaban J connectivity index is 4.55. The molecule has 0 bridgehead atoms. The maximum atomic E-state index is 13.3. The summed E-state index contributed by atoms with van der Waals surface area (Å²) in [5.74, 6) is -0.495. The second-order valence-corrected chi connectivity index (χ2v) is 19.7. The van der Waals surface area contributed by atoms with Crippen LogP contribution in [0.25, 0.3) is 0 Å². The lowest BCUT2D eigenvalue weighted by Gasteiger charge is -2.24. The van der Waals surface area contributed by atoms with Crippen LogP contribution in [0.15, 0.2) is 48.6 Å². The summed E-state index contributed by atoms with van der Waals surface area (Å²) in [5.41, 5.74) is 0. The number of hydrogen-bond donors (Lipinski definition) is 3. The van der Waals surface area contributed by atoms with Gasteiger partial charge in [0.1, 0.15) is 6.10 Å². The predicted molar refractivity (Wildman–Crippen MR) is 287 cm³/mol. The van der Waals surface area contributed by atoms with Crippen molar-refractivity contribution in [2.45, 2.75) is 315 Å². The van der Waals surface area contributed by atoms with Crippen molar-refractivity contribution in [2.24, 2.45) is 0 Å². The summed E-state index contributed by atoms with van der Waals surface area (Å²) in [5, 5.41) is 23.9. The summed E-state index contributed by atoms with van der Waals surface area (Å²) in [6.45, 7) is 6.48. The SMILES string of the molecule is CCCCCC/C=C\CCCCCCCC(CC(=O)NC(CO)C(O)CCCCCCCCCCCCCCCCCC)OC(=O)CCCCCCC/C=C/C=C/C=C/CCCCCCC. The van der Waals surface area contributed by atoms with Crippen LogP contribution < -0.4 is 5.32 Å². The standard InChI is InChI=1S/C60H111NO5/c1-4-7-10-13-16-19-22-25-27-29-30-32-35-38-41-44-47-50-53-60(65)66-56(51-48-45-42-39-36-33-24-21-18-15-12-9-6-3)54-59(64)61-57(55-62)58(63)52-49-46-43-40-37-34-31-28-26-23-20-17-14-11-8-5-2/h21-22,24-25,27,29-30,32,56-58,62-63H,4-20,23,26,28,31,33-55H2,1-3H3,(H,61,64)/b24-21-,25-22+,29-27+,32-30+. The van der Waals surface area contributed by atoms with Crippen LogP contribution >= 0.6 is 0 Å². The summed E-state index contributed by atoms with van der Waals surface area (Å²) in [6, 6.07) is -0.709. The molecule has 0 aliphatic rings. The largest absolute Gasteiger partial charge is 0.462 e. The molecule has 6 nitrogen and oxygen atoms in total. The fourth-order valence-electron chi connectivity index (χ4n) is 8.78. The first kappa shape index (κ1) is 63.8. The first-order valence-electron chi connectivity index (χ1n) is 28.9. The zero-order valence-electron chi connectivity index (χ0n) is 44.1. The van der Waals surface area contributed by atoms with Crippen molar-refractivity contribution in [1.82, 2.24) is 5.32 Å². The van der Waals surface area contributed by atoms with Gasteiger partial charge in [0.05, 0.1) is 25.2 Å². The highest BCUT2D eigenvalue weighted by atomic mass is 16.5. The third-order valence-corrected chi connectivity index (χ3v) is 13.2. The molecule has 0 aliphatic heterocycles. The average molecular weight is 927 g/mol. The normalized spacial score (nSPS) is 13.5. The van der Waals surface area contributed by atoms with Crippen molar-refractivity contribution in [3.8, 4) is 0 Å². The number of rotatable bonds is 52. The monoisotopic (exact) mass is 926 g/mol. The lowest BCUT2D eigenvalue weighted by Crippen LogP contribution is -2.46. The second-order valence-electron chi connectivity index (χ2n) is 19.7. The third-order valence-electron chi connectivity index (χ3n) is 13.2. The highest BCUT2D eigenvalue weighted by Gasteiger charge is 2.24. The van der Waals surface area contributed by atoms with Gasteiger partial charge in [0.2, 0.25) is 5.91 Å². The lowest BCUT2D eigenvalue weighted by molar-refractivity contribution is -0.151. The Morgan fingerprint density at radius 2 is 0.788 bits per heavy atom. The highest BCUT2D eigenvalue weighted by Crippen LogP contribution is 2.18. The molecule has 0 spiro atoms. The molecule has 3 unspecified atom stereocenters. The summed E-state index contributed by atoms with van der Waals surface area (Å²) in [6.07, 6.45) is 66.0. The van der Waals surface area contributed by atoms with Crippen LogP contribution in [0, 0.1) is 0 Å². The quantitative estimate of drug-likeness (QED) is 0.0244. The van der Waals surface area contributed by atoms with E-state index < -0.39 is 18.2 Å². The Hall–Kier alpha value is -2.18. The van der Waals surface area contributed by atoms with Crippen molar-refractivity contribution < 1.29 is 24.5 Å². The molecule has 6 heteroatoms. The summed E-state index contributed by atoms with van der Waals surface area (Å²) < 4.78 is 5.95. The van der Waals surface area contributed by atoms with Crippen LogP contribution in [0.5, 0.6) is 0 Å². The summed E-state index contributed by atoms with van der Waals surface area (Å²) in [7, 11) is 0. The maximum absolute atomic E-state index is 13.3. The van der Waals surface area contributed by atoms with Gasteiger partial charge in [0.25, 0.3) is 0 Å². The topological polar surface area (TPSA) is 95.9 Å². The second kappa shape index (κ2) is 53.8. The molecule has 3 atom stereocenters. The Morgan fingerprint density at radius 3 is 1.21 bits per heavy atom. The molecule has 0 heterocycles. The molecule has 3 N–H and O–H groups in total. The van der Waals surface area contributed by atoms with Gasteiger partial charge in [-0.3, -0.25) is 9.59 Å². The number of carbonyl (C=O) groups excluding carboxylic acids is 2. The Morgan fingerprint density at radius 1 is 0.439 bits per heavy atom. The van der Waals surface area contributed by atoms with Crippen molar-refractivity contribution in [1.29, 1.82) is 0 Å². The van der Waals surface area contributed by atoms with E-state index in [0.717, 1.165) is 83.5 Å². The average Bonchev–Trinajstić information content (AvgIpc) is 3.31. The van der Waals surface area contributed by atoms with Crippen molar-refractivity contribution in [2.75, 3.05) is 6.61 Å². The van der Waals surface area contributed by atoms with E-state index in [1.165, 1.54) is 167 Å². The third kappa shape index (κ3) is 48.3. The molecular weight excluding hydrogens is 815 g/mol. The maximum Gasteiger partial charge on any atom is 0.306 e. The number of aliphatic hydroxyl groups excluding tert-OH is 2. The van der Waals surface area contributed by atoms with Gasteiger partial charge in [-0.05, 0) is 77.0 Å². The van der Waals surface area contributed by atoms with E-state index in [9.17, 15) is 19.8 Å². The van der Waals surface area contributed by atoms with Gasteiger partial charge >= 0.3 is 5.97 Å². The van der Waals surface area contributed by atoms with E-state index in [1.54, 1.807) is 0 Å². The molecule has 0 saturated carbocycles. The zero-order chi connectivity index (χ0) is 48.1. The molecule has 0 aliphatic carbocycles. The van der Waals surface area contributed by atoms with Crippen molar-refractivity contribution >= 4 is 11.9 Å². The predicted octanol–water partition coefficient (Wildman–Crippen LogP) is 17.8. The van der Waals surface area contributed by atoms with Crippen LogP contribution in [0.4, 0.5) is 0 Å². The van der Waals surface area contributed by atoms with E-state index in [2.05, 4.69) is 74.7 Å². The first-order chi connectivity index (χ1) is 32.5. The minimum absolute atomic E-state index is 0.0647. The Labute approximate surface area is 410 Å². The van der Waals surface area contributed by atoms with Crippen LogP contribution in [0.2, 0.25) is 0 Å². The minimum Gasteiger partial charge on any atom is -0.462 e.